The molecule has 0 atom stereocenters. The highest BCUT2D eigenvalue weighted by molar-refractivity contribution is 5.67. The first-order chi connectivity index (χ1) is 15.6. The molecule has 1 aromatic rings. The molecule has 1 aromatic carbocycles. The molecule has 0 spiro atoms. The molecule has 0 bridgehead atoms. The number of methoxy groups -OCH3 is 1. The van der Waals surface area contributed by atoms with Crippen molar-refractivity contribution in [1.29, 1.82) is 0 Å². The van der Waals surface area contributed by atoms with Crippen molar-refractivity contribution in [2.75, 3.05) is 64.5 Å². The Morgan fingerprint density at radius 2 is 1.73 bits per heavy atom. The van der Waals surface area contributed by atoms with Crippen molar-refractivity contribution in [2.24, 2.45) is 0 Å². The summed E-state index contributed by atoms with van der Waals surface area (Å²) in [6.07, 6.45) is 0.225. The molecule has 1 N–H and O–H groups in total. The van der Waals surface area contributed by atoms with Gasteiger partial charge in [0.1, 0.15) is 18.0 Å². The largest absolute Gasteiger partial charge is 0.491 e. The number of carbonyl (C=O) groups is 1. The summed E-state index contributed by atoms with van der Waals surface area (Å²) in [5.41, 5.74) is -0.375. The lowest BCUT2D eigenvalue weighted by Crippen LogP contribution is -2.50. The zero-order chi connectivity index (χ0) is 24.2. The van der Waals surface area contributed by atoms with E-state index in [1.807, 2.05) is 20.8 Å². The molecule has 0 unspecified atom stereocenters. The van der Waals surface area contributed by atoms with Crippen LogP contribution >= 0.6 is 0 Å². The predicted molar refractivity (Wildman–Crippen MR) is 120 cm³/mol. The van der Waals surface area contributed by atoms with E-state index in [9.17, 15) is 9.90 Å². The van der Waals surface area contributed by atoms with Crippen LogP contribution in [0.5, 0.6) is 5.75 Å². The number of likely N-dealkylation sites (tertiary alicyclic amines) is 1. The predicted octanol–water partition coefficient (Wildman–Crippen LogP) is 2.92. The number of halogens is 2. The van der Waals surface area contributed by atoms with Crippen molar-refractivity contribution in [3.05, 3.63) is 23.3 Å². The zero-order valence-electron chi connectivity index (χ0n) is 19.9. The van der Waals surface area contributed by atoms with Crippen LogP contribution in [-0.4, -0.2) is 86.9 Å². The van der Waals surface area contributed by atoms with Gasteiger partial charge >= 0.3 is 6.09 Å². The summed E-state index contributed by atoms with van der Waals surface area (Å²) in [5.74, 6) is -1.14. The Hall–Kier alpha value is -2.17. The van der Waals surface area contributed by atoms with Gasteiger partial charge in [0, 0.05) is 44.9 Å². The SMILES string of the molecule is COCCOc1cc(F)c(N2CCN(OC(=O)N3CCC(O)CC3)CC2)c(F)c1C(C)(C)C. The highest BCUT2D eigenvalue weighted by Gasteiger charge is 2.33. The van der Waals surface area contributed by atoms with Crippen LogP contribution in [0.1, 0.15) is 39.2 Å². The molecular weight excluding hydrogens is 436 g/mol. The van der Waals surface area contributed by atoms with E-state index < -0.39 is 23.1 Å². The van der Waals surface area contributed by atoms with Crippen LogP contribution in [0, 0.1) is 11.6 Å². The van der Waals surface area contributed by atoms with E-state index in [4.69, 9.17) is 14.3 Å². The molecule has 2 aliphatic heterocycles. The summed E-state index contributed by atoms with van der Waals surface area (Å²) in [6, 6.07) is 1.24. The van der Waals surface area contributed by atoms with Gasteiger partial charge in [-0.25, -0.2) is 13.6 Å². The minimum Gasteiger partial charge on any atom is -0.491 e. The van der Waals surface area contributed by atoms with Crippen molar-refractivity contribution in [1.82, 2.24) is 9.96 Å². The molecule has 2 aliphatic rings. The zero-order valence-corrected chi connectivity index (χ0v) is 19.9. The average Bonchev–Trinajstić information content (AvgIpc) is 2.74. The molecule has 3 rings (SSSR count). The second kappa shape index (κ2) is 10.8. The van der Waals surface area contributed by atoms with E-state index >= 15 is 8.78 Å². The molecule has 0 saturated carbocycles. The third-order valence-corrected chi connectivity index (χ3v) is 5.94. The van der Waals surface area contributed by atoms with E-state index in [0.717, 1.165) is 0 Å². The second-order valence-electron chi connectivity index (χ2n) is 9.48. The molecule has 0 aromatic heterocycles. The Kier molecular flexibility index (Phi) is 8.36. The van der Waals surface area contributed by atoms with Gasteiger partial charge in [0.2, 0.25) is 0 Å². The van der Waals surface area contributed by atoms with Crippen LogP contribution in [0.2, 0.25) is 0 Å². The van der Waals surface area contributed by atoms with Gasteiger partial charge in [0.05, 0.1) is 25.8 Å². The molecule has 1 amide bonds. The summed E-state index contributed by atoms with van der Waals surface area (Å²) in [4.78, 5) is 21.0. The van der Waals surface area contributed by atoms with Crippen molar-refractivity contribution >= 4 is 11.8 Å². The van der Waals surface area contributed by atoms with Crippen molar-refractivity contribution in [3.8, 4) is 5.75 Å². The Morgan fingerprint density at radius 3 is 2.30 bits per heavy atom. The molecule has 33 heavy (non-hydrogen) atoms. The van der Waals surface area contributed by atoms with E-state index in [0.29, 0.717) is 64.3 Å². The molecule has 2 saturated heterocycles. The number of anilines is 1. The minimum atomic E-state index is -0.690. The topological polar surface area (TPSA) is 74.7 Å². The number of piperazine rings is 1. The van der Waals surface area contributed by atoms with E-state index in [1.165, 1.54) is 18.2 Å². The number of nitrogens with zero attached hydrogens (tertiary/aromatic N) is 3. The van der Waals surface area contributed by atoms with Gasteiger partial charge in [-0.2, -0.15) is 0 Å². The summed E-state index contributed by atoms with van der Waals surface area (Å²) >= 11 is 0. The number of aliphatic hydroxyl groups excluding tert-OH is 1. The van der Waals surface area contributed by atoms with Crippen LogP contribution in [0.25, 0.3) is 0 Å². The number of amides is 1. The molecule has 0 aliphatic carbocycles. The van der Waals surface area contributed by atoms with E-state index in [1.54, 1.807) is 9.80 Å². The molecule has 8 nitrogen and oxygen atoms in total. The van der Waals surface area contributed by atoms with Crippen LogP contribution in [0.4, 0.5) is 19.3 Å². The fourth-order valence-corrected chi connectivity index (χ4v) is 4.14. The van der Waals surface area contributed by atoms with Crippen molar-refractivity contribution < 1.29 is 33.0 Å². The van der Waals surface area contributed by atoms with Crippen molar-refractivity contribution in [2.45, 2.75) is 45.1 Å². The normalized spacial score (nSPS) is 18.5. The quantitative estimate of drug-likeness (QED) is 0.640. The summed E-state index contributed by atoms with van der Waals surface area (Å²) in [6.45, 7) is 8.20. The van der Waals surface area contributed by atoms with Gasteiger partial charge in [-0.1, -0.05) is 20.8 Å². The van der Waals surface area contributed by atoms with Crippen LogP contribution in [0.3, 0.4) is 0 Å². The first-order valence-electron chi connectivity index (χ1n) is 11.4. The Balaban J connectivity index is 1.68. The summed E-state index contributed by atoms with van der Waals surface area (Å²) in [7, 11) is 1.53. The number of aliphatic hydroxyl groups is 1. The first kappa shape index (κ1) is 25.5. The van der Waals surface area contributed by atoms with E-state index in [-0.39, 0.29) is 24.1 Å². The fraction of sp³-hybridized carbons (Fsp3) is 0.696. The molecule has 0 radical (unpaired) electrons. The maximum Gasteiger partial charge on any atom is 0.428 e. The smallest absolute Gasteiger partial charge is 0.428 e. The first-order valence-corrected chi connectivity index (χ1v) is 11.4. The molecule has 2 heterocycles. The summed E-state index contributed by atoms with van der Waals surface area (Å²) < 4.78 is 41.3. The lowest BCUT2D eigenvalue weighted by atomic mass is 9.85. The Bertz CT molecular complexity index is 817. The number of piperidine rings is 1. The third-order valence-electron chi connectivity index (χ3n) is 5.94. The highest BCUT2D eigenvalue weighted by Crippen LogP contribution is 2.40. The lowest BCUT2D eigenvalue weighted by Gasteiger charge is -2.37. The maximum absolute atomic E-state index is 15.6. The fourth-order valence-electron chi connectivity index (χ4n) is 4.14. The number of ether oxygens (including phenoxy) is 2. The number of hydroxylamine groups is 2. The van der Waals surface area contributed by atoms with Gasteiger partial charge in [0.25, 0.3) is 0 Å². The van der Waals surface area contributed by atoms with E-state index in [2.05, 4.69) is 0 Å². The molecule has 10 heteroatoms. The average molecular weight is 472 g/mol. The van der Waals surface area contributed by atoms with Crippen molar-refractivity contribution in [3.63, 3.8) is 0 Å². The molecule has 2 fully saturated rings. The number of carbonyl (C=O) groups excluding carboxylic acids is 1. The standard InChI is InChI=1S/C23H35F2N3O5/c1-23(2,3)19-18(32-14-13-31-4)15-17(24)21(20(19)25)26-9-11-28(12-10-26)33-22(30)27-7-5-16(29)6-8-27/h15-16,29H,5-14H2,1-4H3. The number of rotatable bonds is 6. The number of hydrogen-bond donors (Lipinski definition) is 1. The second-order valence-corrected chi connectivity index (χ2v) is 9.48. The molecule has 186 valence electrons. The Morgan fingerprint density at radius 1 is 1.09 bits per heavy atom. The van der Waals surface area contributed by atoms with Crippen LogP contribution in [-0.2, 0) is 15.0 Å². The Labute approximate surface area is 193 Å². The number of hydrogen-bond acceptors (Lipinski definition) is 7. The van der Waals surface area contributed by atoms with Gasteiger partial charge in [-0.05, 0) is 18.3 Å². The lowest BCUT2D eigenvalue weighted by molar-refractivity contribution is -0.117. The number of benzene rings is 1. The minimum absolute atomic E-state index is 0.0880. The van der Waals surface area contributed by atoms with Gasteiger partial charge in [-0.3, -0.25) is 0 Å². The van der Waals surface area contributed by atoms with Gasteiger partial charge in [0.15, 0.2) is 11.6 Å². The molecular formula is C23H35F2N3O5. The summed E-state index contributed by atoms with van der Waals surface area (Å²) in [5, 5.41) is 11.1. The van der Waals surface area contributed by atoms with Crippen LogP contribution in [0.15, 0.2) is 6.07 Å². The highest BCUT2D eigenvalue weighted by atomic mass is 19.1. The monoisotopic (exact) mass is 471 g/mol. The third kappa shape index (κ3) is 6.24. The van der Waals surface area contributed by atoms with Crippen LogP contribution < -0.4 is 9.64 Å². The van der Waals surface area contributed by atoms with Gasteiger partial charge in [-0.15, -0.1) is 5.06 Å². The maximum atomic E-state index is 15.6. The van der Waals surface area contributed by atoms with Gasteiger partial charge < -0.3 is 29.2 Å².